The first-order valence-electron chi connectivity index (χ1n) is 13.6. The smallest absolute Gasteiger partial charge is 0.408 e. The molecular weight excluding hydrogens is 526 g/mol. The van der Waals surface area contributed by atoms with Crippen molar-refractivity contribution in [1.29, 1.82) is 0 Å². The summed E-state index contributed by atoms with van der Waals surface area (Å²) in [5.41, 5.74) is 1.48. The molecule has 1 aliphatic rings. The van der Waals surface area contributed by atoms with E-state index < -0.39 is 41.8 Å². The molecule has 10 heteroatoms. The zero-order valence-electron chi connectivity index (χ0n) is 24.2. The number of aliphatic carboxylic acids is 1. The molecule has 3 atom stereocenters. The van der Waals surface area contributed by atoms with Gasteiger partial charge in [0.1, 0.15) is 35.3 Å². The molecule has 1 aliphatic heterocycles. The fourth-order valence-corrected chi connectivity index (χ4v) is 4.82. The summed E-state index contributed by atoms with van der Waals surface area (Å²) in [7, 11) is 1.58. The number of fused-ring (bicyclic) bond motifs is 1. The number of carbonyl (C=O) groups excluding carboxylic acids is 2. The number of benzene rings is 2. The Morgan fingerprint density at radius 1 is 1.07 bits per heavy atom. The first-order valence-corrected chi connectivity index (χ1v) is 13.6. The maximum atomic E-state index is 13.6. The number of hydrogen-bond acceptors (Lipinski definition) is 7. The van der Waals surface area contributed by atoms with Crippen LogP contribution in [0, 0.1) is 5.92 Å². The van der Waals surface area contributed by atoms with Gasteiger partial charge in [0.2, 0.25) is 5.91 Å². The Bertz CT molecular complexity index is 1420. The summed E-state index contributed by atoms with van der Waals surface area (Å²) < 4.78 is 17.1. The lowest BCUT2D eigenvalue weighted by Crippen LogP contribution is -2.54. The molecule has 218 valence electrons. The minimum Gasteiger partial charge on any atom is -0.497 e. The van der Waals surface area contributed by atoms with Crippen LogP contribution in [0.3, 0.4) is 0 Å². The van der Waals surface area contributed by atoms with Crippen LogP contribution in [0.15, 0.2) is 54.6 Å². The Balaban J connectivity index is 1.63. The van der Waals surface area contributed by atoms with Crippen LogP contribution in [-0.2, 0) is 14.3 Å². The van der Waals surface area contributed by atoms with Crippen LogP contribution in [-0.4, -0.2) is 70.4 Å². The Kier molecular flexibility index (Phi) is 8.70. The number of aromatic nitrogens is 1. The van der Waals surface area contributed by atoms with Crippen LogP contribution in [0.4, 0.5) is 4.79 Å². The van der Waals surface area contributed by atoms with Crippen LogP contribution in [0.5, 0.6) is 11.5 Å². The number of likely N-dealkylation sites (tertiary alicyclic amines) is 1. The molecule has 0 aliphatic carbocycles. The fraction of sp³-hybridized carbons (Fsp3) is 0.419. The van der Waals surface area contributed by atoms with Crippen LogP contribution in [0.2, 0.25) is 0 Å². The average molecular weight is 564 g/mol. The fourth-order valence-electron chi connectivity index (χ4n) is 4.82. The molecule has 41 heavy (non-hydrogen) atoms. The van der Waals surface area contributed by atoms with Crippen molar-refractivity contribution >= 4 is 28.9 Å². The van der Waals surface area contributed by atoms with E-state index in [9.17, 15) is 19.5 Å². The van der Waals surface area contributed by atoms with Crippen molar-refractivity contribution < 1.29 is 33.7 Å². The van der Waals surface area contributed by atoms with Gasteiger partial charge in [0.15, 0.2) is 0 Å². The summed E-state index contributed by atoms with van der Waals surface area (Å²) in [4.78, 5) is 44.4. The van der Waals surface area contributed by atoms with Crippen LogP contribution in [0.25, 0.3) is 22.2 Å². The molecule has 4 rings (SSSR count). The molecule has 3 aromatic rings. The number of carboxylic acids is 1. The van der Waals surface area contributed by atoms with Gasteiger partial charge < -0.3 is 29.5 Å². The number of pyridine rings is 1. The van der Waals surface area contributed by atoms with Crippen molar-refractivity contribution in [2.24, 2.45) is 5.92 Å². The highest BCUT2D eigenvalue weighted by atomic mass is 16.6. The number of hydrogen-bond donors (Lipinski definition) is 2. The van der Waals surface area contributed by atoms with Crippen molar-refractivity contribution in [3.63, 3.8) is 0 Å². The molecule has 10 nitrogen and oxygen atoms in total. The van der Waals surface area contributed by atoms with Gasteiger partial charge in [0, 0.05) is 29.5 Å². The van der Waals surface area contributed by atoms with E-state index in [1.807, 2.05) is 48.5 Å². The monoisotopic (exact) mass is 563 g/mol. The van der Waals surface area contributed by atoms with Crippen LogP contribution >= 0.6 is 0 Å². The molecule has 2 amide bonds. The molecule has 2 N–H and O–H groups in total. The second-order valence-electron chi connectivity index (χ2n) is 11.4. The number of methoxy groups -OCH3 is 1. The number of nitrogens with one attached hydrogen (secondary N) is 1. The van der Waals surface area contributed by atoms with Gasteiger partial charge in [-0.15, -0.1) is 0 Å². The second-order valence-corrected chi connectivity index (χ2v) is 11.4. The lowest BCUT2D eigenvalue weighted by molar-refractivity contribution is -0.149. The quantitative estimate of drug-likeness (QED) is 0.397. The minimum atomic E-state index is -1.14. The van der Waals surface area contributed by atoms with Crippen molar-refractivity contribution in [2.45, 2.75) is 64.8 Å². The lowest BCUT2D eigenvalue weighted by atomic mass is 10.0. The number of nitrogens with zero attached hydrogens (tertiary/aromatic N) is 2. The molecule has 2 unspecified atom stereocenters. The van der Waals surface area contributed by atoms with E-state index >= 15 is 0 Å². The third-order valence-electron chi connectivity index (χ3n) is 6.78. The Morgan fingerprint density at radius 3 is 2.39 bits per heavy atom. The van der Waals surface area contributed by atoms with E-state index in [1.165, 1.54) is 4.90 Å². The summed E-state index contributed by atoms with van der Waals surface area (Å²) in [6.07, 6.45) is -1.26. The molecule has 0 spiro atoms. The Labute approximate surface area is 239 Å². The molecule has 2 aromatic carbocycles. The molecule has 0 bridgehead atoms. The van der Waals surface area contributed by atoms with E-state index in [0.717, 1.165) is 10.9 Å². The maximum absolute atomic E-state index is 13.6. The van der Waals surface area contributed by atoms with Gasteiger partial charge in [-0.2, -0.15) is 0 Å². The molecule has 0 saturated carbocycles. The zero-order chi connectivity index (χ0) is 29.9. The molecule has 1 fully saturated rings. The normalized spacial score (nSPS) is 17.8. The number of carboxylic acid groups (broad SMARTS) is 1. The molecule has 1 aromatic heterocycles. The summed E-state index contributed by atoms with van der Waals surface area (Å²) in [6.45, 7) is 8.78. The third kappa shape index (κ3) is 7.06. The lowest BCUT2D eigenvalue weighted by Gasteiger charge is -2.30. The first-order chi connectivity index (χ1) is 19.4. The van der Waals surface area contributed by atoms with Gasteiger partial charge >= 0.3 is 12.1 Å². The van der Waals surface area contributed by atoms with Crippen molar-refractivity contribution in [3.05, 3.63) is 54.6 Å². The first kappa shape index (κ1) is 29.6. The highest BCUT2D eigenvalue weighted by Crippen LogP contribution is 2.34. The predicted octanol–water partition coefficient (Wildman–Crippen LogP) is 4.89. The number of ether oxygens (including phenoxy) is 3. The predicted molar refractivity (Wildman–Crippen MR) is 154 cm³/mol. The van der Waals surface area contributed by atoms with Crippen LogP contribution < -0.4 is 14.8 Å². The van der Waals surface area contributed by atoms with E-state index in [1.54, 1.807) is 47.8 Å². The van der Waals surface area contributed by atoms with Gasteiger partial charge in [0.25, 0.3) is 0 Å². The van der Waals surface area contributed by atoms with Crippen LogP contribution in [0.1, 0.15) is 41.0 Å². The largest absolute Gasteiger partial charge is 0.497 e. The summed E-state index contributed by atoms with van der Waals surface area (Å²) in [5.74, 6) is -0.789. The summed E-state index contributed by atoms with van der Waals surface area (Å²) >= 11 is 0. The van der Waals surface area contributed by atoms with Gasteiger partial charge in [-0.05, 0) is 38.8 Å². The number of amides is 2. The van der Waals surface area contributed by atoms with E-state index in [2.05, 4.69) is 5.32 Å². The van der Waals surface area contributed by atoms with Gasteiger partial charge in [-0.3, -0.25) is 4.79 Å². The average Bonchev–Trinajstić information content (AvgIpc) is 3.34. The van der Waals surface area contributed by atoms with Gasteiger partial charge in [-0.25, -0.2) is 14.6 Å². The molecular formula is C31H37N3O7. The Hall–Kier alpha value is -4.34. The van der Waals surface area contributed by atoms with Crippen molar-refractivity contribution in [2.75, 3.05) is 13.7 Å². The number of rotatable bonds is 8. The van der Waals surface area contributed by atoms with Gasteiger partial charge in [0.05, 0.1) is 24.9 Å². The summed E-state index contributed by atoms with van der Waals surface area (Å²) in [6, 6.07) is 14.8. The van der Waals surface area contributed by atoms with E-state index in [0.29, 0.717) is 22.7 Å². The second kappa shape index (κ2) is 12.0. The Morgan fingerprint density at radius 2 is 1.78 bits per heavy atom. The number of alkyl carbamates (subject to hydrolysis) is 1. The van der Waals surface area contributed by atoms with Gasteiger partial charge in [-0.1, -0.05) is 44.2 Å². The highest BCUT2D eigenvalue weighted by Gasteiger charge is 2.44. The van der Waals surface area contributed by atoms with E-state index in [-0.39, 0.29) is 18.9 Å². The van der Waals surface area contributed by atoms with Crippen molar-refractivity contribution in [1.82, 2.24) is 15.2 Å². The zero-order valence-corrected chi connectivity index (χ0v) is 24.2. The molecule has 1 saturated heterocycles. The minimum absolute atomic E-state index is 0.0374. The molecule has 2 heterocycles. The molecule has 0 radical (unpaired) electrons. The highest BCUT2D eigenvalue weighted by molar-refractivity contribution is 5.91. The standard InChI is InChI=1S/C31H37N3O7/c1-18(2)27(33-30(38)41-31(3,4)5)28(35)34-17-21(15-25(34)29(36)37)40-26-16-23(19-10-8-7-9-11-19)32-24-14-20(39-6)12-13-22(24)26/h7-14,16,18,21,25,27H,15,17H2,1-6H3,(H,33,38)(H,36,37)/t21?,25?,27-/m0/s1. The van der Waals surface area contributed by atoms with Crippen molar-refractivity contribution in [3.8, 4) is 22.8 Å². The summed E-state index contributed by atoms with van der Waals surface area (Å²) in [5, 5.41) is 13.4. The SMILES string of the molecule is COc1ccc2c(OC3CC(C(=O)O)N(C(=O)[C@@H](NC(=O)OC(C)(C)C)C(C)C)C3)cc(-c3ccccc3)nc2c1. The third-order valence-corrected chi connectivity index (χ3v) is 6.78. The number of carbonyl (C=O) groups is 3. The maximum Gasteiger partial charge on any atom is 0.408 e. The van der Waals surface area contributed by atoms with E-state index in [4.69, 9.17) is 19.2 Å². The topological polar surface area (TPSA) is 127 Å².